The van der Waals surface area contributed by atoms with Gasteiger partial charge in [0, 0.05) is 50.0 Å². The molecule has 0 N–H and O–H groups in total. The second-order valence-corrected chi connectivity index (χ2v) is 25.4. The minimum absolute atomic E-state index is 0.0821. The molecule has 16 rings (SSSR count). The molecule has 14 aromatic rings. The second-order valence-electron chi connectivity index (χ2n) is 25.4. The molecule has 0 unspecified atom stereocenters. The third-order valence-corrected chi connectivity index (χ3v) is 18.3. The van der Waals surface area contributed by atoms with Crippen LogP contribution in [0.1, 0.15) is 52.7 Å². The van der Waals surface area contributed by atoms with Gasteiger partial charge in [0.25, 0.3) is 6.71 Å². The van der Waals surface area contributed by atoms with Crippen molar-refractivity contribution in [2.45, 2.75) is 52.4 Å². The maximum absolute atomic E-state index is 16.6. The molecule has 406 valence electrons. The Hall–Kier alpha value is -9.97. The number of halogens is 1. The Labute approximate surface area is 496 Å². The van der Waals surface area contributed by atoms with Crippen molar-refractivity contribution in [1.29, 1.82) is 0 Å². The number of hydrogen-bond donors (Lipinski definition) is 0. The molecule has 4 heterocycles. The van der Waals surface area contributed by atoms with Gasteiger partial charge in [-0.2, -0.15) is 0 Å². The van der Waals surface area contributed by atoms with Gasteiger partial charge >= 0.3 is 0 Å². The van der Waals surface area contributed by atoms with Crippen molar-refractivity contribution in [3.63, 3.8) is 0 Å². The molecule has 0 fully saturated rings. The molecule has 5 heteroatoms. The van der Waals surface area contributed by atoms with Crippen LogP contribution in [0, 0.1) is 5.82 Å². The van der Waals surface area contributed by atoms with Crippen molar-refractivity contribution in [1.82, 2.24) is 4.40 Å². The van der Waals surface area contributed by atoms with Crippen molar-refractivity contribution >= 4 is 117 Å². The molecule has 85 heavy (non-hydrogen) atoms. The first-order valence-corrected chi connectivity index (χ1v) is 29.8. The van der Waals surface area contributed by atoms with Gasteiger partial charge in [-0.15, -0.1) is 0 Å². The normalized spacial score (nSPS) is 13.0. The van der Waals surface area contributed by atoms with E-state index in [9.17, 15) is 0 Å². The van der Waals surface area contributed by atoms with Gasteiger partial charge in [-0.1, -0.05) is 248 Å². The quantitative estimate of drug-likeness (QED) is 0.159. The highest BCUT2D eigenvalue weighted by molar-refractivity contribution is 7.00. The molecule has 0 saturated heterocycles. The van der Waals surface area contributed by atoms with Crippen LogP contribution in [-0.4, -0.2) is 11.1 Å². The summed E-state index contributed by atoms with van der Waals surface area (Å²) in [6.45, 7) is 13.6. The fraction of sp³-hybridized carbons (Fsp3) is 0.100. The van der Waals surface area contributed by atoms with E-state index in [2.05, 4.69) is 304 Å². The molecule has 0 bridgehead atoms. The SMILES string of the molecule is CC(C)(C)c1cc(-c2ccc3c(c2)N(c2ccc(-c4ccccc4)cc2)c2c4c(cc5c2c2cccc6c7ccccc7c7ccccc7c7ccccc7n5c62)N(c2ccc(-c5ccccc5)cc2)c2cc(F)ccc2B34)cc(C(C)(C)C)c1. The fourth-order valence-electron chi connectivity index (χ4n) is 14.1. The Bertz CT molecular complexity index is 5060. The van der Waals surface area contributed by atoms with E-state index in [4.69, 9.17) is 0 Å². The molecule has 12 aromatic carbocycles. The predicted octanol–water partition coefficient (Wildman–Crippen LogP) is 20.1. The second kappa shape index (κ2) is 19.0. The summed E-state index contributed by atoms with van der Waals surface area (Å²) in [6.07, 6.45) is 0. The summed E-state index contributed by atoms with van der Waals surface area (Å²) in [5, 5.41) is 9.33. The highest BCUT2D eigenvalue weighted by Crippen LogP contribution is 2.52. The van der Waals surface area contributed by atoms with Crippen LogP contribution in [-0.2, 0) is 10.8 Å². The number of nitrogens with zero attached hydrogens (tertiary/aromatic N) is 3. The molecule has 0 spiro atoms. The third-order valence-electron chi connectivity index (χ3n) is 18.3. The van der Waals surface area contributed by atoms with Gasteiger partial charge in [-0.3, -0.25) is 0 Å². The number of hydrogen-bond acceptors (Lipinski definition) is 2. The monoisotopic (exact) mass is 1090 g/mol. The first kappa shape index (κ1) is 50.7. The maximum atomic E-state index is 16.6. The molecular weight excluding hydrogens is 1030 g/mol. The molecule has 0 radical (unpaired) electrons. The van der Waals surface area contributed by atoms with Gasteiger partial charge in [0.05, 0.1) is 22.2 Å². The van der Waals surface area contributed by atoms with Crippen LogP contribution in [0.4, 0.5) is 38.5 Å². The fourth-order valence-corrected chi connectivity index (χ4v) is 14.1. The molecular formula is C80H61BFN3. The zero-order valence-corrected chi connectivity index (χ0v) is 48.6. The largest absolute Gasteiger partial charge is 0.311 e. The average molecular weight is 1090 g/mol. The van der Waals surface area contributed by atoms with Crippen molar-refractivity contribution in [3.05, 3.63) is 278 Å². The van der Waals surface area contributed by atoms with E-state index in [1.807, 2.05) is 0 Å². The Balaban J connectivity index is 1.11. The van der Waals surface area contributed by atoms with Crippen molar-refractivity contribution in [2.24, 2.45) is 0 Å². The summed E-state index contributed by atoms with van der Waals surface area (Å²) >= 11 is 0. The van der Waals surface area contributed by atoms with Gasteiger partial charge < -0.3 is 14.2 Å². The van der Waals surface area contributed by atoms with Gasteiger partial charge in [0.2, 0.25) is 0 Å². The van der Waals surface area contributed by atoms with E-state index >= 15 is 4.39 Å². The highest BCUT2D eigenvalue weighted by Gasteiger charge is 2.45. The van der Waals surface area contributed by atoms with Crippen molar-refractivity contribution < 1.29 is 4.39 Å². The topological polar surface area (TPSA) is 10.9 Å². The minimum atomic E-state index is -0.280. The molecule has 0 aliphatic carbocycles. The lowest BCUT2D eigenvalue weighted by molar-refractivity contribution is 0.569. The minimum Gasteiger partial charge on any atom is -0.311 e. The first-order chi connectivity index (χ1) is 41.4. The maximum Gasteiger partial charge on any atom is 0.252 e. The van der Waals surface area contributed by atoms with Crippen LogP contribution in [0.15, 0.2) is 261 Å². The molecule has 2 aromatic heterocycles. The zero-order valence-electron chi connectivity index (χ0n) is 48.6. The molecule has 0 saturated carbocycles. The van der Waals surface area contributed by atoms with Gasteiger partial charge in [0.15, 0.2) is 0 Å². The Morgan fingerprint density at radius 3 is 1.38 bits per heavy atom. The third kappa shape index (κ3) is 8.01. The van der Waals surface area contributed by atoms with Crippen LogP contribution < -0.4 is 26.2 Å². The van der Waals surface area contributed by atoms with E-state index in [1.165, 1.54) is 49.3 Å². The standard InChI is InChI=1S/C80H61BFN3/c1-79(2,3)56-44-55(45-57(47-56)80(4,5)6)54-36-42-68-71(46-54)84(60-40-34-53(35-41-60)51-22-11-8-12-23-51)78-75-67-30-19-29-66-64-27-16-14-25-62(64)61-24-13-15-26-63(61)65-28-17-18-31-70(65)85(77(66)67)73(75)49-74-76(78)81(68)69-43-37-58(82)48-72(69)83(74)59-38-32-52(33-39-59)50-20-9-7-10-21-50/h7-49H,1-6H3. The number of fused-ring (bicyclic) bond motifs is 15. The summed E-state index contributed by atoms with van der Waals surface area (Å²) < 4.78 is 19.2. The Kier molecular flexibility index (Phi) is 11.4. The van der Waals surface area contributed by atoms with Crippen LogP contribution in [0.5, 0.6) is 0 Å². The molecule has 2 aliphatic heterocycles. The summed E-state index contributed by atoms with van der Waals surface area (Å²) in [5.74, 6) is -0.280. The summed E-state index contributed by atoms with van der Waals surface area (Å²) in [6, 6.07) is 95.3. The Morgan fingerprint density at radius 1 is 0.329 bits per heavy atom. The van der Waals surface area contributed by atoms with Gasteiger partial charge in [0.1, 0.15) is 5.82 Å². The van der Waals surface area contributed by atoms with Crippen LogP contribution >= 0.6 is 0 Å². The number of para-hydroxylation sites is 2. The lowest BCUT2D eigenvalue weighted by atomic mass is 9.33. The summed E-state index contributed by atoms with van der Waals surface area (Å²) in [5.41, 5.74) is 22.0. The molecule has 3 nitrogen and oxygen atoms in total. The van der Waals surface area contributed by atoms with E-state index in [-0.39, 0.29) is 23.4 Å². The smallest absolute Gasteiger partial charge is 0.252 e. The molecule has 2 aliphatic rings. The van der Waals surface area contributed by atoms with Crippen molar-refractivity contribution in [2.75, 3.05) is 9.80 Å². The van der Waals surface area contributed by atoms with Crippen LogP contribution in [0.3, 0.4) is 0 Å². The average Bonchev–Trinajstić information content (AvgIpc) is 1.81. The van der Waals surface area contributed by atoms with E-state index < -0.39 is 0 Å². The van der Waals surface area contributed by atoms with Gasteiger partial charge in [-0.25, -0.2) is 4.39 Å². The summed E-state index contributed by atoms with van der Waals surface area (Å²) in [4.78, 5) is 4.94. The van der Waals surface area contributed by atoms with Crippen LogP contribution in [0.2, 0.25) is 0 Å². The number of aromatic nitrogens is 1. The Morgan fingerprint density at radius 2 is 0.788 bits per heavy atom. The highest BCUT2D eigenvalue weighted by atomic mass is 19.1. The first-order valence-electron chi connectivity index (χ1n) is 29.8. The number of benzene rings is 12. The van der Waals surface area contributed by atoms with Crippen molar-refractivity contribution in [3.8, 4) is 33.4 Å². The zero-order chi connectivity index (χ0) is 57.5. The lowest BCUT2D eigenvalue weighted by Crippen LogP contribution is -2.61. The lowest BCUT2D eigenvalue weighted by Gasteiger charge is -2.44. The van der Waals surface area contributed by atoms with Gasteiger partial charge in [-0.05, 0) is 148 Å². The molecule has 0 amide bonds. The predicted molar refractivity (Wildman–Crippen MR) is 361 cm³/mol. The molecule has 0 atom stereocenters. The van der Waals surface area contributed by atoms with E-state index in [0.717, 1.165) is 105 Å². The van der Waals surface area contributed by atoms with E-state index in [0.29, 0.717) is 0 Å². The number of rotatable bonds is 5. The van der Waals surface area contributed by atoms with E-state index in [1.54, 1.807) is 12.1 Å². The van der Waals surface area contributed by atoms with Crippen LogP contribution in [0.25, 0.3) is 93.0 Å². The number of anilines is 6. The summed E-state index contributed by atoms with van der Waals surface area (Å²) in [7, 11) is 0.